The van der Waals surface area contributed by atoms with Crippen LogP contribution < -0.4 is 5.73 Å². The summed E-state index contributed by atoms with van der Waals surface area (Å²) in [6, 6.07) is 3.76. The van der Waals surface area contributed by atoms with Crippen LogP contribution >= 0.6 is 22.9 Å². The summed E-state index contributed by atoms with van der Waals surface area (Å²) in [5.41, 5.74) is 6.29. The van der Waals surface area contributed by atoms with Gasteiger partial charge in [-0.2, -0.15) is 0 Å². The fourth-order valence-corrected chi connectivity index (χ4v) is 2.28. The highest BCUT2D eigenvalue weighted by atomic mass is 35.5. The minimum atomic E-state index is 0.319. The lowest BCUT2D eigenvalue weighted by atomic mass is 10.3. The number of rotatable bonds is 2. The SMILES string of the molecule is Cc1nc(CN)oc1-c1ccc(Cl)s1. The summed E-state index contributed by atoms with van der Waals surface area (Å²) in [6.45, 7) is 2.21. The number of halogens is 1. The first-order valence-corrected chi connectivity index (χ1v) is 5.32. The first kappa shape index (κ1) is 9.71. The monoisotopic (exact) mass is 228 g/mol. The Morgan fingerprint density at radius 3 is 2.86 bits per heavy atom. The van der Waals surface area contributed by atoms with E-state index in [2.05, 4.69) is 4.98 Å². The molecule has 0 fully saturated rings. The third-order valence-electron chi connectivity index (χ3n) is 1.81. The van der Waals surface area contributed by atoms with E-state index in [1.54, 1.807) is 0 Å². The van der Waals surface area contributed by atoms with Gasteiger partial charge in [-0.1, -0.05) is 11.6 Å². The van der Waals surface area contributed by atoms with Crippen LogP contribution in [0.1, 0.15) is 11.6 Å². The fraction of sp³-hybridized carbons (Fsp3) is 0.222. The summed E-state index contributed by atoms with van der Waals surface area (Å²) >= 11 is 7.30. The van der Waals surface area contributed by atoms with Gasteiger partial charge in [0.2, 0.25) is 5.89 Å². The van der Waals surface area contributed by atoms with Gasteiger partial charge in [0.1, 0.15) is 0 Å². The van der Waals surface area contributed by atoms with Crippen LogP contribution in [0.2, 0.25) is 4.34 Å². The minimum Gasteiger partial charge on any atom is -0.438 e. The summed E-state index contributed by atoms with van der Waals surface area (Å²) in [6.07, 6.45) is 0. The lowest BCUT2D eigenvalue weighted by Gasteiger charge is -1.90. The molecular weight excluding hydrogens is 220 g/mol. The summed E-state index contributed by atoms with van der Waals surface area (Å²) in [7, 11) is 0. The predicted octanol–water partition coefficient (Wildman–Crippen LogP) is 2.82. The zero-order chi connectivity index (χ0) is 10.1. The van der Waals surface area contributed by atoms with Crippen LogP contribution in [0.25, 0.3) is 10.6 Å². The lowest BCUT2D eigenvalue weighted by Crippen LogP contribution is -1.95. The first-order chi connectivity index (χ1) is 6.70. The molecule has 0 saturated carbocycles. The van der Waals surface area contributed by atoms with Crippen molar-refractivity contribution in [3.63, 3.8) is 0 Å². The number of nitrogens with zero attached hydrogens (tertiary/aromatic N) is 1. The molecule has 0 aliphatic carbocycles. The third-order valence-corrected chi connectivity index (χ3v) is 3.04. The van der Waals surface area contributed by atoms with Crippen LogP contribution in [0.3, 0.4) is 0 Å². The van der Waals surface area contributed by atoms with Gasteiger partial charge in [-0.3, -0.25) is 0 Å². The van der Waals surface area contributed by atoms with E-state index in [0.717, 1.165) is 20.7 Å². The van der Waals surface area contributed by atoms with Gasteiger partial charge in [0.05, 0.1) is 21.5 Å². The van der Waals surface area contributed by atoms with E-state index in [1.165, 1.54) is 11.3 Å². The Bertz CT molecular complexity index is 449. The average molecular weight is 229 g/mol. The molecule has 2 heterocycles. The molecule has 2 N–H and O–H groups in total. The van der Waals surface area contributed by atoms with Gasteiger partial charge in [0.15, 0.2) is 5.76 Å². The Kier molecular flexibility index (Phi) is 2.58. The molecule has 3 nitrogen and oxygen atoms in total. The molecule has 0 saturated heterocycles. The van der Waals surface area contributed by atoms with Crippen molar-refractivity contribution in [1.29, 1.82) is 0 Å². The quantitative estimate of drug-likeness (QED) is 0.860. The van der Waals surface area contributed by atoms with Gasteiger partial charge >= 0.3 is 0 Å². The Morgan fingerprint density at radius 2 is 2.36 bits per heavy atom. The maximum Gasteiger partial charge on any atom is 0.208 e. The molecular formula is C9H9ClN2OS. The molecule has 0 aliphatic heterocycles. The number of oxazole rings is 1. The van der Waals surface area contributed by atoms with Gasteiger partial charge in [0.25, 0.3) is 0 Å². The maximum absolute atomic E-state index is 5.84. The summed E-state index contributed by atoms with van der Waals surface area (Å²) in [5.74, 6) is 1.32. The smallest absolute Gasteiger partial charge is 0.208 e. The van der Waals surface area contributed by atoms with Crippen LogP contribution in [0.15, 0.2) is 16.5 Å². The molecule has 0 unspecified atom stereocenters. The molecule has 74 valence electrons. The first-order valence-electron chi connectivity index (χ1n) is 4.13. The molecule has 0 aromatic carbocycles. The molecule has 2 aromatic heterocycles. The van der Waals surface area contributed by atoms with Gasteiger partial charge < -0.3 is 10.2 Å². The Labute approximate surface area is 90.5 Å². The Hall–Kier alpha value is -0.840. The molecule has 0 amide bonds. The maximum atomic E-state index is 5.84. The van der Waals surface area contributed by atoms with E-state index >= 15 is 0 Å². The normalized spacial score (nSPS) is 10.8. The van der Waals surface area contributed by atoms with E-state index in [-0.39, 0.29) is 0 Å². The average Bonchev–Trinajstić information content (AvgIpc) is 2.71. The molecule has 2 rings (SSSR count). The van der Waals surface area contributed by atoms with Crippen molar-refractivity contribution in [2.24, 2.45) is 5.73 Å². The molecule has 0 aliphatic rings. The lowest BCUT2D eigenvalue weighted by molar-refractivity contribution is 0.510. The molecule has 0 radical (unpaired) electrons. The topological polar surface area (TPSA) is 52.0 Å². The van der Waals surface area contributed by atoms with Crippen molar-refractivity contribution in [1.82, 2.24) is 4.98 Å². The predicted molar refractivity (Wildman–Crippen MR) is 57.5 cm³/mol. The highest BCUT2D eigenvalue weighted by Gasteiger charge is 2.12. The minimum absolute atomic E-state index is 0.319. The van der Waals surface area contributed by atoms with Crippen LogP contribution in [0, 0.1) is 6.92 Å². The number of nitrogens with two attached hydrogens (primary N) is 1. The fourth-order valence-electron chi connectivity index (χ4n) is 1.20. The second-order valence-electron chi connectivity index (χ2n) is 2.83. The number of hydrogen-bond acceptors (Lipinski definition) is 4. The van der Waals surface area contributed by atoms with Crippen molar-refractivity contribution in [2.45, 2.75) is 13.5 Å². The number of aromatic nitrogens is 1. The van der Waals surface area contributed by atoms with Crippen molar-refractivity contribution in [3.05, 3.63) is 28.1 Å². The van der Waals surface area contributed by atoms with E-state index in [0.29, 0.717) is 12.4 Å². The summed E-state index contributed by atoms with van der Waals surface area (Å²) in [5, 5.41) is 0. The molecule has 14 heavy (non-hydrogen) atoms. The molecule has 0 spiro atoms. The van der Waals surface area contributed by atoms with E-state index < -0.39 is 0 Å². The zero-order valence-corrected chi connectivity index (χ0v) is 9.15. The van der Waals surface area contributed by atoms with Crippen LogP contribution in [-0.4, -0.2) is 4.98 Å². The number of aryl methyl sites for hydroxylation is 1. The van der Waals surface area contributed by atoms with Gasteiger partial charge in [-0.05, 0) is 19.1 Å². The largest absolute Gasteiger partial charge is 0.438 e. The van der Waals surface area contributed by atoms with E-state index in [9.17, 15) is 0 Å². The molecule has 0 atom stereocenters. The highest BCUT2D eigenvalue weighted by Crippen LogP contribution is 2.33. The van der Waals surface area contributed by atoms with Crippen molar-refractivity contribution < 1.29 is 4.42 Å². The molecule has 5 heteroatoms. The Morgan fingerprint density at radius 1 is 1.57 bits per heavy atom. The standard InChI is InChI=1S/C9H9ClN2OS/c1-5-9(13-8(4-11)12-5)6-2-3-7(10)14-6/h2-3H,4,11H2,1H3. The van der Waals surface area contributed by atoms with E-state index in [1.807, 2.05) is 19.1 Å². The second kappa shape index (κ2) is 3.73. The van der Waals surface area contributed by atoms with Crippen LogP contribution in [0.4, 0.5) is 0 Å². The van der Waals surface area contributed by atoms with Crippen molar-refractivity contribution in [3.8, 4) is 10.6 Å². The summed E-state index contributed by atoms with van der Waals surface area (Å²) in [4.78, 5) is 5.17. The van der Waals surface area contributed by atoms with Crippen LogP contribution in [0.5, 0.6) is 0 Å². The number of hydrogen-bond donors (Lipinski definition) is 1. The van der Waals surface area contributed by atoms with Gasteiger partial charge in [0, 0.05) is 0 Å². The number of thiophene rings is 1. The van der Waals surface area contributed by atoms with Crippen molar-refractivity contribution in [2.75, 3.05) is 0 Å². The van der Waals surface area contributed by atoms with E-state index in [4.69, 9.17) is 21.8 Å². The molecule has 2 aromatic rings. The second-order valence-corrected chi connectivity index (χ2v) is 4.55. The van der Waals surface area contributed by atoms with Gasteiger partial charge in [-0.15, -0.1) is 11.3 Å². The zero-order valence-electron chi connectivity index (χ0n) is 7.58. The van der Waals surface area contributed by atoms with Crippen LogP contribution in [-0.2, 0) is 6.54 Å². The van der Waals surface area contributed by atoms with Gasteiger partial charge in [-0.25, -0.2) is 4.98 Å². The summed E-state index contributed by atoms with van der Waals surface area (Å²) < 4.78 is 6.22. The highest BCUT2D eigenvalue weighted by molar-refractivity contribution is 7.19. The Balaban J connectivity index is 2.45. The molecule has 0 bridgehead atoms. The van der Waals surface area contributed by atoms with Crippen molar-refractivity contribution >= 4 is 22.9 Å². The third kappa shape index (κ3) is 1.68.